The molecule has 2 fully saturated rings. The first kappa shape index (κ1) is 14.1. The van der Waals surface area contributed by atoms with Gasteiger partial charge >= 0.3 is 0 Å². The molecular formula is C11H21ClN2OS. The van der Waals surface area contributed by atoms with E-state index in [1.807, 2.05) is 11.8 Å². The first-order valence-electron chi connectivity index (χ1n) is 5.88. The van der Waals surface area contributed by atoms with Gasteiger partial charge in [-0.1, -0.05) is 0 Å². The number of hydrogen-bond donors (Lipinski definition) is 1. The van der Waals surface area contributed by atoms with Gasteiger partial charge in [0.25, 0.3) is 0 Å². The van der Waals surface area contributed by atoms with Gasteiger partial charge in [0, 0.05) is 43.1 Å². The summed E-state index contributed by atoms with van der Waals surface area (Å²) in [7, 11) is 0. The molecule has 2 heterocycles. The van der Waals surface area contributed by atoms with Crippen LogP contribution in [-0.2, 0) is 4.79 Å². The average Bonchev–Trinajstić information content (AvgIpc) is 2.66. The fourth-order valence-corrected chi connectivity index (χ4v) is 3.33. The van der Waals surface area contributed by atoms with Crippen LogP contribution in [-0.4, -0.2) is 47.5 Å². The van der Waals surface area contributed by atoms with Crippen molar-refractivity contribution in [2.24, 2.45) is 0 Å². The van der Waals surface area contributed by atoms with Crippen molar-refractivity contribution >= 4 is 30.1 Å². The third-order valence-corrected chi connectivity index (χ3v) is 4.42. The van der Waals surface area contributed by atoms with E-state index in [0.717, 1.165) is 18.8 Å². The Morgan fingerprint density at radius 2 is 2.38 bits per heavy atom. The maximum absolute atomic E-state index is 12.0. The summed E-state index contributed by atoms with van der Waals surface area (Å²) >= 11 is 1.96. The fourth-order valence-electron chi connectivity index (χ4n) is 2.38. The van der Waals surface area contributed by atoms with Crippen LogP contribution in [0.15, 0.2) is 0 Å². The molecule has 3 nitrogen and oxygen atoms in total. The second kappa shape index (κ2) is 6.72. The zero-order chi connectivity index (χ0) is 10.7. The normalized spacial score (nSPS) is 29.9. The molecule has 2 rings (SSSR count). The van der Waals surface area contributed by atoms with E-state index in [-0.39, 0.29) is 12.4 Å². The SMILES string of the molecule is CC1CCCN1C(=O)CC1CSCCN1.Cl. The van der Waals surface area contributed by atoms with Gasteiger partial charge in [0.15, 0.2) is 0 Å². The zero-order valence-electron chi connectivity index (χ0n) is 9.78. The number of rotatable bonds is 2. The topological polar surface area (TPSA) is 32.3 Å². The van der Waals surface area contributed by atoms with Gasteiger partial charge in [0.05, 0.1) is 0 Å². The number of halogens is 1. The van der Waals surface area contributed by atoms with Crippen molar-refractivity contribution in [3.8, 4) is 0 Å². The van der Waals surface area contributed by atoms with Gasteiger partial charge in [-0.25, -0.2) is 0 Å². The fraction of sp³-hybridized carbons (Fsp3) is 0.909. The quantitative estimate of drug-likeness (QED) is 0.821. The zero-order valence-corrected chi connectivity index (χ0v) is 11.4. The predicted molar refractivity (Wildman–Crippen MR) is 71.4 cm³/mol. The summed E-state index contributed by atoms with van der Waals surface area (Å²) in [4.78, 5) is 14.1. The van der Waals surface area contributed by atoms with Gasteiger partial charge in [-0.05, 0) is 19.8 Å². The lowest BCUT2D eigenvalue weighted by Crippen LogP contribution is -2.43. The van der Waals surface area contributed by atoms with E-state index in [9.17, 15) is 4.79 Å². The third kappa shape index (κ3) is 3.54. The van der Waals surface area contributed by atoms with Crippen molar-refractivity contribution in [2.75, 3.05) is 24.6 Å². The minimum atomic E-state index is 0. The lowest BCUT2D eigenvalue weighted by molar-refractivity contribution is -0.132. The summed E-state index contributed by atoms with van der Waals surface area (Å²) in [5, 5.41) is 3.42. The molecule has 0 saturated carbocycles. The van der Waals surface area contributed by atoms with Crippen LogP contribution in [0.25, 0.3) is 0 Å². The van der Waals surface area contributed by atoms with Crippen molar-refractivity contribution in [1.82, 2.24) is 10.2 Å². The Bertz CT molecular complexity index is 234. The summed E-state index contributed by atoms with van der Waals surface area (Å²) in [5.74, 6) is 2.62. The number of hydrogen-bond acceptors (Lipinski definition) is 3. The largest absolute Gasteiger partial charge is 0.340 e. The lowest BCUT2D eigenvalue weighted by atomic mass is 10.2. The summed E-state index contributed by atoms with van der Waals surface area (Å²) in [6.45, 7) is 4.19. The van der Waals surface area contributed by atoms with E-state index in [4.69, 9.17) is 0 Å². The summed E-state index contributed by atoms with van der Waals surface area (Å²) < 4.78 is 0. The molecule has 0 radical (unpaired) electrons. The van der Waals surface area contributed by atoms with Gasteiger partial charge in [-0.2, -0.15) is 11.8 Å². The highest BCUT2D eigenvalue weighted by Gasteiger charge is 2.27. The molecule has 5 heteroatoms. The minimum Gasteiger partial charge on any atom is -0.340 e. The van der Waals surface area contributed by atoms with Crippen LogP contribution in [0.2, 0.25) is 0 Å². The summed E-state index contributed by atoms with van der Waals surface area (Å²) in [6, 6.07) is 0.873. The number of nitrogens with zero attached hydrogens (tertiary/aromatic N) is 1. The Morgan fingerprint density at radius 1 is 1.56 bits per heavy atom. The molecule has 0 aromatic carbocycles. The molecule has 1 N–H and O–H groups in total. The number of thioether (sulfide) groups is 1. The van der Waals surface area contributed by atoms with E-state index < -0.39 is 0 Å². The first-order chi connectivity index (χ1) is 7.27. The Hall–Kier alpha value is 0.0700. The Balaban J connectivity index is 0.00000128. The number of likely N-dealkylation sites (tertiary alicyclic amines) is 1. The van der Waals surface area contributed by atoms with E-state index >= 15 is 0 Å². The van der Waals surface area contributed by atoms with Crippen LogP contribution in [0.5, 0.6) is 0 Å². The maximum atomic E-state index is 12.0. The van der Waals surface area contributed by atoms with E-state index in [1.54, 1.807) is 0 Å². The highest BCUT2D eigenvalue weighted by atomic mass is 35.5. The highest BCUT2D eigenvalue weighted by Crippen LogP contribution is 2.19. The van der Waals surface area contributed by atoms with Gasteiger partial charge in [0.1, 0.15) is 0 Å². The standard InChI is InChI=1S/C11H20N2OS.ClH/c1-9-3-2-5-13(9)11(14)7-10-8-15-6-4-12-10;/h9-10,12H,2-8H2,1H3;1H. The second-order valence-electron chi connectivity index (χ2n) is 4.51. The van der Waals surface area contributed by atoms with Crippen molar-refractivity contribution in [2.45, 2.75) is 38.3 Å². The Labute approximate surface area is 108 Å². The predicted octanol–water partition coefficient (Wildman–Crippen LogP) is 1.51. The molecule has 2 saturated heterocycles. The van der Waals surface area contributed by atoms with Crippen LogP contribution >= 0.6 is 24.2 Å². The highest BCUT2D eigenvalue weighted by molar-refractivity contribution is 7.99. The monoisotopic (exact) mass is 264 g/mol. The Morgan fingerprint density at radius 3 is 2.94 bits per heavy atom. The second-order valence-corrected chi connectivity index (χ2v) is 5.66. The molecule has 0 aromatic rings. The molecule has 0 aliphatic carbocycles. The van der Waals surface area contributed by atoms with Crippen LogP contribution in [0.4, 0.5) is 0 Å². The lowest BCUT2D eigenvalue weighted by Gasteiger charge is -2.27. The van der Waals surface area contributed by atoms with Crippen LogP contribution in [0.1, 0.15) is 26.2 Å². The molecule has 16 heavy (non-hydrogen) atoms. The van der Waals surface area contributed by atoms with Crippen molar-refractivity contribution in [3.63, 3.8) is 0 Å². The van der Waals surface area contributed by atoms with E-state index in [1.165, 1.54) is 18.6 Å². The smallest absolute Gasteiger partial charge is 0.224 e. The van der Waals surface area contributed by atoms with Crippen molar-refractivity contribution in [3.05, 3.63) is 0 Å². The minimum absolute atomic E-state index is 0. The summed E-state index contributed by atoms with van der Waals surface area (Å²) in [5.41, 5.74) is 0. The van der Waals surface area contributed by atoms with Crippen LogP contribution in [0, 0.1) is 0 Å². The third-order valence-electron chi connectivity index (χ3n) is 3.29. The molecule has 2 aliphatic rings. The van der Waals surface area contributed by atoms with E-state index in [0.29, 0.717) is 24.4 Å². The molecule has 0 bridgehead atoms. The molecule has 2 unspecified atom stereocenters. The molecule has 0 aromatic heterocycles. The van der Waals surface area contributed by atoms with Gasteiger partial charge in [-0.3, -0.25) is 4.79 Å². The van der Waals surface area contributed by atoms with Gasteiger partial charge in [0.2, 0.25) is 5.91 Å². The molecular weight excluding hydrogens is 244 g/mol. The molecule has 2 atom stereocenters. The number of amides is 1. The van der Waals surface area contributed by atoms with Crippen LogP contribution < -0.4 is 5.32 Å². The number of carbonyl (C=O) groups excluding carboxylic acids is 1. The number of nitrogens with one attached hydrogen (secondary N) is 1. The van der Waals surface area contributed by atoms with Crippen LogP contribution in [0.3, 0.4) is 0 Å². The number of carbonyl (C=O) groups is 1. The molecule has 0 spiro atoms. The Kier molecular flexibility index (Phi) is 5.94. The van der Waals surface area contributed by atoms with Crippen molar-refractivity contribution < 1.29 is 4.79 Å². The summed E-state index contributed by atoms with van der Waals surface area (Å²) in [6.07, 6.45) is 3.05. The van der Waals surface area contributed by atoms with Crippen molar-refractivity contribution in [1.29, 1.82) is 0 Å². The van der Waals surface area contributed by atoms with Gasteiger partial charge < -0.3 is 10.2 Å². The van der Waals surface area contributed by atoms with E-state index in [2.05, 4.69) is 17.1 Å². The van der Waals surface area contributed by atoms with Gasteiger partial charge in [-0.15, -0.1) is 12.4 Å². The molecule has 94 valence electrons. The molecule has 1 amide bonds. The maximum Gasteiger partial charge on any atom is 0.224 e. The molecule has 2 aliphatic heterocycles. The average molecular weight is 265 g/mol. The first-order valence-corrected chi connectivity index (χ1v) is 7.03.